The van der Waals surface area contributed by atoms with Gasteiger partial charge in [0.15, 0.2) is 0 Å². The normalized spacial score (nSPS) is 11.4. The van der Waals surface area contributed by atoms with Crippen molar-refractivity contribution in [1.82, 2.24) is 14.7 Å². The molecule has 0 unspecified atom stereocenters. The molecule has 0 aromatic carbocycles. The van der Waals surface area contributed by atoms with Crippen LogP contribution in [0.1, 0.15) is 13.3 Å². The summed E-state index contributed by atoms with van der Waals surface area (Å²) in [5.74, 6) is 0.695. The molecule has 1 rings (SSSR count). The minimum Gasteiger partial charge on any atom is -0.370 e. The quantitative estimate of drug-likeness (QED) is 0.497. The number of nitrogens with one attached hydrogen (secondary N) is 2. The van der Waals surface area contributed by atoms with Gasteiger partial charge < -0.3 is 11.1 Å². The highest BCUT2D eigenvalue weighted by molar-refractivity contribution is 7.89. The van der Waals surface area contributed by atoms with Gasteiger partial charge in [-0.3, -0.25) is 0 Å². The molecule has 0 aliphatic carbocycles. The Morgan fingerprint density at radius 3 is 2.72 bits per heavy atom. The molecule has 0 aliphatic heterocycles. The van der Waals surface area contributed by atoms with E-state index < -0.39 is 10.0 Å². The lowest BCUT2D eigenvalue weighted by Crippen LogP contribution is -2.27. The Morgan fingerprint density at radius 2 is 2.11 bits per heavy atom. The van der Waals surface area contributed by atoms with Gasteiger partial charge in [0.05, 0.1) is 5.75 Å². The van der Waals surface area contributed by atoms with E-state index in [1.807, 2.05) is 0 Å². The summed E-state index contributed by atoms with van der Waals surface area (Å²) in [6.45, 7) is 2.52. The predicted octanol–water partition coefficient (Wildman–Crippen LogP) is 0.453. The summed E-state index contributed by atoms with van der Waals surface area (Å²) in [6.07, 6.45) is 0.626. The molecule has 0 spiro atoms. The van der Waals surface area contributed by atoms with Gasteiger partial charge in [0.25, 0.3) is 0 Å². The van der Waals surface area contributed by atoms with Gasteiger partial charge in [0, 0.05) is 19.2 Å². The minimum atomic E-state index is -3.12. The Kier molecular flexibility index (Phi) is 5.57. The second-order valence-corrected chi connectivity index (χ2v) is 5.99. The number of aromatic nitrogens is 2. The summed E-state index contributed by atoms with van der Waals surface area (Å²) in [6, 6.07) is 1.55. The molecular formula is C9H16ClN5O2S. The third kappa shape index (κ3) is 5.48. The SMILES string of the molecule is CCS(=O)(=O)NCCCNc1cc(Cl)nc(N)n1. The number of nitrogen functional groups attached to an aromatic ring is 1. The van der Waals surface area contributed by atoms with Crippen LogP contribution in [-0.2, 0) is 10.0 Å². The number of hydrogen-bond acceptors (Lipinski definition) is 6. The second kappa shape index (κ2) is 6.72. The molecule has 9 heteroatoms. The fraction of sp³-hybridized carbons (Fsp3) is 0.556. The number of halogens is 1. The molecule has 18 heavy (non-hydrogen) atoms. The Bertz CT molecular complexity index is 473. The zero-order chi connectivity index (χ0) is 13.6. The molecule has 0 amide bonds. The van der Waals surface area contributed by atoms with Gasteiger partial charge in [-0.15, -0.1) is 0 Å². The second-order valence-electron chi connectivity index (χ2n) is 3.51. The molecule has 0 saturated carbocycles. The highest BCUT2D eigenvalue weighted by Crippen LogP contribution is 2.11. The van der Waals surface area contributed by atoms with Crippen molar-refractivity contribution in [1.29, 1.82) is 0 Å². The highest BCUT2D eigenvalue weighted by atomic mass is 35.5. The van der Waals surface area contributed by atoms with E-state index in [-0.39, 0.29) is 16.9 Å². The lowest BCUT2D eigenvalue weighted by molar-refractivity contribution is 0.581. The van der Waals surface area contributed by atoms with E-state index in [1.165, 1.54) is 0 Å². The molecule has 1 aromatic heterocycles. The molecule has 0 fully saturated rings. The van der Waals surface area contributed by atoms with Crippen LogP contribution in [-0.4, -0.2) is 37.2 Å². The maximum Gasteiger partial charge on any atom is 0.223 e. The smallest absolute Gasteiger partial charge is 0.223 e. The number of nitrogens with zero attached hydrogens (tertiary/aromatic N) is 2. The molecule has 4 N–H and O–H groups in total. The lowest BCUT2D eigenvalue weighted by Gasteiger charge is -2.07. The van der Waals surface area contributed by atoms with Crippen LogP contribution in [0.15, 0.2) is 6.07 Å². The summed E-state index contributed by atoms with van der Waals surface area (Å²) in [5, 5.41) is 3.24. The van der Waals surface area contributed by atoms with E-state index in [9.17, 15) is 8.42 Å². The lowest BCUT2D eigenvalue weighted by atomic mass is 10.4. The van der Waals surface area contributed by atoms with Gasteiger partial charge in [-0.25, -0.2) is 18.1 Å². The standard InChI is InChI=1S/C9H16ClN5O2S/c1-2-18(16,17)13-5-3-4-12-8-6-7(10)14-9(11)15-8/h6,13H,2-5H2,1H3,(H3,11,12,14,15). The Balaban J connectivity index is 2.30. The van der Waals surface area contributed by atoms with Crippen LogP contribution in [0, 0.1) is 0 Å². The van der Waals surface area contributed by atoms with E-state index in [0.29, 0.717) is 25.3 Å². The van der Waals surface area contributed by atoms with Gasteiger partial charge >= 0.3 is 0 Å². The fourth-order valence-electron chi connectivity index (χ4n) is 1.16. The Labute approximate surface area is 111 Å². The molecule has 0 radical (unpaired) electrons. The first kappa shape index (κ1) is 14.9. The summed E-state index contributed by atoms with van der Waals surface area (Å²) in [7, 11) is -3.12. The maximum atomic E-state index is 11.1. The first-order valence-corrected chi connectivity index (χ1v) is 7.47. The van der Waals surface area contributed by atoms with Crippen LogP contribution in [0.5, 0.6) is 0 Å². The molecular weight excluding hydrogens is 278 g/mol. The summed E-state index contributed by atoms with van der Waals surface area (Å²) < 4.78 is 24.7. The van der Waals surface area contributed by atoms with E-state index >= 15 is 0 Å². The maximum absolute atomic E-state index is 11.1. The van der Waals surface area contributed by atoms with Gasteiger partial charge in [-0.1, -0.05) is 11.6 Å². The van der Waals surface area contributed by atoms with E-state index in [2.05, 4.69) is 20.0 Å². The summed E-state index contributed by atoms with van der Waals surface area (Å²) >= 11 is 5.71. The average molecular weight is 294 g/mol. The highest BCUT2D eigenvalue weighted by Gasteiger charge is 2.04. The van der Waals surface area contributed by atoms with Crippen molar-refractivity contribution in [2.75, 3.05) is 29.9 Å². The van der Waals surface area contributed by atoms with Crippen LogP contribution in [0.3, 0.4) is 0 Å². The zero-order valence-electron chi connectivity index (χ0n) is 9.98. The van der Waals surface area contributed by atoms with Crippen molar-refractivity contribution >= 4 is 33.4 Å². The van der Waals surface area contributed by atoms with Crippen LogP contribution >= 0.6 is 11.6 Å². The van der Waals surface area contributed by atoms with Crippen molar-refractivity contribution in [2.24, 2.45) is 0 Å². The zero-order valence-corrected chi connectivity index (χ0v) is 11.6. The first-order chi connectivity index (χ1) is 8.43. The van der Waals surface area contributed by atoms with Crippen LogP contribution < -0.4 is 15.8 Å². The Morgan fingerprint density at radius 1 is 1.39 bits per heavy atom. The number of rotatable bonds is 7. The van der Waals surface area contributed by atoms with Crippen molar-refractivity contribution in [3.63, 3.8) is 0 Å². The van der Waals surface area contributed by atoms with Crippen LogP contribution in [0.4, 0.5) is 11.8 Å². The van der Waals surface area contributed by atoms with Crippen molar-refractivity contribution < 1.29 is 8.42 Å². The third-order valence-corrected chi connectivity index (χ3v) is 3.67. The molecule has 0 saturated heterocycles. The van der Waals surface area contributed by atoms with Crippen molar-refractivity contribution in [2.45, 2.75) is 13.3 Å². The van der Waals surface area contributed by atoms with Crippen molar-refractivity contribution in [3.05, 3.63) is 11.2 Å². The molecule has 1 aromatic rings. The average Bonchev–Trinajstić information content (AvgIpc) is 2.27. The minimum absolute atomic E-state index is 0.0818. The Hall–Kier alpha value is -1.12. The number of sulfonamides is 1. The molecule has 1 heterocycles. The molecule has 102 valence electrons. The number of nitrogens with two attached hydrogens (primary N) is 1. The molecule has 7 nitrogen and oxygen atoms in total. The van der Waals surface area contributed by atoms with Gasteiger partial charge in [0.2, 0.25) is 16.0 Å². The molecule has 0 aliphatic rings. The summed E-state index contributed by atoms with van der Waals surface area (Å²) in [4.78, 5) is 7.65. The van der Waals surface area contributed by atoms with E-state index in [4.69, 9.17) is 17.3 Å². The first-order valence-electron chi connectivity index (χ1n) is 5.44. The topological polar surface area (TPSA) is 110 Å². The molecule has 0 atom stereocenters. The fourth-order valence-corrected chi connectivity index (χ4v) is 2.01. The van der Waals surface area contributed by atoms with Crippen molar-refractivity contribution in [3.8, 4) is 0 Å². The summed E-state index contributed by atoms with van der Waals surface area (Å²) in [5.41, 5.74) is 5.43. The van der Waals surface area contributed by atoms with Gasteiger partial charge in [0.1, 0.15) is 11.0 Å². The van der Waals surface area contributed by atoms with Gasteiger partial charge in [-0.05, 0) is 13.3 Å². The number of anilines is 2. The van der Waals surface area contributed by atoms with Crippen LogP contribution in [0.2, 0.25) is 5.15 Å². The van der Waals surface area contributed by atoms with Crippen LogP contribution in [0.25, 0.3) is 0 Å². The number of hydrogen-bond donors (Lipinski definition) is 3. The monoisotopic (exact) mass is 293 g/mol. The largest absolute Gasteiger partial charge is 0.370 e. The third-order valence-electron chi connectivity index (χ3n) is 2.07. The van der Waals surface area contributed by atoms with E-state index in [0.717, 1.165) is 0 Å². The van der Waals surface area contributed by atoms with Gasteiger partial charge in [-0.2, -0.15) is 4.98 Å². The van der Waals surface area contributed by atoms with E-state index in [1.54, 1.807) is 13.0 Å². The molecule has 0 bridgehead atoms. The predicted molar refractivity (Wildman–Crippen MR) is 72.0 cm³/mol.